The van der Waals surface area contributed by atoms with Crippen LogP contribution in [-0.2, 0) is 0 Å². The Hall–Kier alpha value is -2.27. The van der Waals surface area contributed by atoms with Crippen molar-refractivity contribution in [2.24, 2.45) is 0 Å². The molecule has 2 aromatic rings. The van der Waals surface area contributed by atoms with Gasteiger partial charge < -0.3 is 4.74 Å². The highest BCUT2D eigenvalue weighted by atomic mass is 16.5. The maximum absolute atomic E-state index is 9.29. The molecule has 1 atom stereocenters. The zero-order valence-electron chi connectivity index (χ0n) is 12.7. The molecule has 2 aromatic carbocycles. The highest BCUT2D eigenvalue weighted by Gasteiger charge is 2.09. The third-order valence-corrected chi connectivity index (χ3v) is 3.60. The molecule has 0 aliphatic heterocycles. The Balaban J connectivity index is 1.84. The molecule has 0 aromatic heterocycles. The first kappa shape index (κ1) is 15.1. The van der Waals surface area contributed by atoms with Crippen LogP contribution >= 0.6 is 0 Å². The lowest BCUT2D eigenvalue weighted by atomic mass is 9.96. The van der Waals surface area contributed by atoms with Crippen molar-refractivity contribution in [3.8, 4) is 11.8 Å². The second kappa shape index (κ2) is 7.50. The Morgan fingerprint density at radius 2 is 1.86 bits per heavy atom. The van der Waals surface area contributed by atoms with E-state index in [0.29, 0.717) is 6.61 Å². The van der Waals surface area contributed by atoms with Crippen molar-refractivity contribution in [1.82, 2.24) is 0 Å². The summed E-state index contributed by atoms with van der Waals surface area (Å²) >= 11 is 0. The molecule has 0 radical (unpaired) electrons. The summed E-state index contributed by atoms with van der Waals surface area (Å²) in [5.41, 5.74) is 3.45. The number of benzene rings is 2. The molecule has 0 fully saturated rings. The van der Waals surface area contributed by atoms with Crippen molar-refractivity contribution in [3.05, 3.63) is 65.2 Å². The van der Waals surface area contributed by atoms with E-state index in [9.17, 15) is 5.26 Å². The van der Waals surface area contributed by atoms with E-state index in [-0.39, 0.29) is 5.92 Å². The lowest BCUT2D eigenvalue weighted by Gasteiger charge is -2.12. The number of hydrogen-bond acceptors (Lipinski definition) is 2. The summed E-state index contributed by atoms with van der Waals surface area (Å²) in [6, 6.07) is 18.6. The Kier molecular flexibility index (Phi) is 5.40. The van der Waals surface area contributed by atoms with Crippen LogP contribution in [0.4, 0.5) is 0 Å². The fraction of sp³-hybridized carbons (Fsp3) is 0.316. The van der Waals surface area contributed by atoms with E-state index in [1.165, 1.54) is 5.56 Å². The molecule has 0 bridgehead atoms. The average Bonchev–Trinajstić information content (AvgIpc) is 2.51. The van der Waals surface area contributed by atoms with E-state index in [0.717, 1.165) is 29.7 Å². The first-order valence-corrected chi connectivity index (χ1v) is 7.35. The Labute approximate surface area is 127 Å². The quantitative estimate of drug-likeness (QED) is 0.713. The molecule has 0 aliphatic carbocycles. The summed E-state index contributed by atoms with van der Waals surface area (Å²) in [7, 11) is 0. The standard InChI is InChI=1S/C19H21NO/c1-15-10-11-16(2)19(13-15)21-12-6-9-18(14-20)17-7-4-3-5-8-17/h3-5,7-8,10-11,13,18H,6,9,12H2,1-2H3. The van der Waals surface area contributed by atoms with Crippen LogP contribution in [0, 0.1) is 25.2 Å². The second-order valence-electron chi connectivity index (χ2n) is 5.35. The van der Waals surface area contributed by atoms with Crippen molar-refractivity contribution in [2.75, 3.05) is 6.61 Å². The molecule has 0 saturated heterocycles. The van der Waals surface area contributed by atoms with Crippen LogP contribution in [0.15, 0.2) is 48.5 Å². The minimum Gasteiger partial charge on any atom is -0.493 e. The summed E-state index contributed by atoms with van der Waals surface area (Å²) in [5.74, 6) is 0.900. The number of nitrogens with zero attached hydrogens (tertiary/aromatic N) is 1. The van der Waals surface area contributed by atoms with Crippen molar-refractivity contribution in [3.63, 3.8) is 0 Å². The van der Waals surface area contributed by atoms with Gasteiger partial charge in [0.25, 0.3) is 0 Å². The number of rotatable bonds is 6. The number of ether oxygens (including phenoxy) is 1. The smallest absolute Gasteiger partial charge is 0.122 e. The zero-order chi connectivity index (χ0) is 15.1. The normalized spacial score (nSPS) is 11.7. The molecule has 21 heavy (non-hydrogen) atoms. The van der Waals surface area contributed by atoms with Gasteiger partial charge in [-0.1, -0.05) is 42.5 Å². The van der Waals surface area contributed by atoms with Gasteiger partial charge in [0, 0.05) is 0 Å². The highest BCUT2D eigenvalue weighted by molar-refractivity contribution is 5.35. The third kappa shape index (κ3) is 4.36. The third-order valence-electron chi connectivity index (χ3n) is 3.60. The van der Waals surface area contributed by atoms with Crippen molar-refractivity contribution < 1.29 is 4.74 Å². The fourth-order valence-corrected chi connectivity index (χ4v) is 2.32. The molecular weight excluding hydrogens is 258 g/mol. The first-order valence-electron chi connectivity index (χ1n) is 7.35. The molecule has 2 rings (SSSR count). The van der Waals surface area contributed by atoms with Crippen LogP contribution in [0.2, 0.25) is 0 Å². The topological polar surface area (TPSA) is 33.0 Å². The van der Waals surface area contributed by atoms with Gasteiger partial charge in [0.1, 0.15) is 5.75 Å². The lowest BCUT2D eigenvalue weighted by molar-refractivity contribution is 0.303. The van der Waals surface area contributed by atoms with Crippen LogP contribution in [0.1, 0.15) is 35.4 Å². The molecular formula is C19H21NO. The van der Waals surface area contributed by atoms with Gasteiger partial charge in [-0.15, -0.1) is 0 Å². The van der Waals surface area contributed by atoms with Crippen LogP contribution in [0.25, 0.3) is 0 Å². The van der Waals surface area contributed by atoms with E-state index in [2.05, 4.69) is 38.1 Å². The molecule has 2 heteroatoms. The maximum atomic E-state index is 9.29. The van der Waals surface area contributed by atoms with Crippen LogP contribution in [-0.4, -0.2) is 6.61 Å². The molecule has 0 amide bonds. The molecule has 0 N–H and O–H groups in total. The van der Waals surface area contributed by atoms with Gasteiger partial charge in [-0.25, -0.2) is 0 Å². The first-order chi connectivity index (χ1) is 10.2. The van der Waals surface area contributed by atoms with Crippen LogP contribution in [0.5, 0.6) is 5.75 Å². The summed E-state index contributed by atoms with van der Waals surface area (Å²) in [5, 5.41) is 9.29. The largest absolute Gasteiger partial charge is 0.493 e. The summed E-state index contributed by atoms with van der Waals surface area (Å²) in [6.07, 6.45) is 1.70. The lowest BCUT2D eigenvalue weighted by Crippen LogP contribution is -2.03. The Bertz CT molecular complexity index is 613. The maximum Gasteiger partial charge on any atom is 0.122 e. The molecule has 0 saturated carbocycles. The predicted molar refractivity (Wildman–Crippen MR) is 85.4 cm³/mol. The Morgan fingerprint density at radius 3 is 2.57 bits per heavy atom. The van der Waals surface area contributed by atoms with Crippen molar-refractivity contribution >= 4 is 0 Å². The summed E-state index contributed by atoms with van der Waals surface area (Å²) < 4.78 is 5.84. The zero-order valence-corrected chi connectivity index (χ0v) is 12.7. The van der Waals surface area contributed by atoms with Gasteiger partial charge in [0.2, 0.25) is 0 Å². The second-order valence-corrected chi connectivity index (χ2v) is 5.35. The number of aryl methyl sites for hydroxylation is 2. The van der Waals surface area contributed by atoms with E-state index in [1.54, 1.807) is 0 Å². The van der Waals surface area contributed by atoms with Gasteiger partial charge in [-0.2, -0.15) is 5.26 Å². The van der Waals surface area contributed by atoms with Crippen molar-refractivity contribution in [2.45, 2.75) is 32.6 Å². The average molecular weight is 279 g/mol. The van der Waals surface area contributed by atoms with E-state index >= 15 is 0 Å². The molecule has 0 spiro atoms. The Morgan fingerprint density at radius 1 is 1.10 bits per heavy atom. The van der Waals surface area contributed by atoms with Gasteiger partial charge in [0.05, 0.1) is 18.6 Å². The molecule has 0 aliphatic rings. The van der Waals surface area contributed by atoms with Gasteiger partial charge >= 0.3 is 0 Å². The summed E-state index contributed by atoms with van der Waals surface area (Å²) in [6.45, 7) is 4.76. The van der Waals surface area contributed by atoms with Gasteiger partial charge in [-0.3, -0.25) is 0 Å². The van der Waals surface area contributed by atoms with Crippen LogP contribution in [0.3, 0.4) is 0 Å². The van der Waals surface area contributed by atoms with E-state index < -0.39 is 0 Å². The molecule has 2 nitrogen and oxygen atoms in total. The SMILES string of the molecule is Cc1ccc(C)c(OCCCC(C#N)c2ccccc2)c1. The molecule has 1 unspecified atom stereocenters. The highest BCUT2D eigenvalue weighted by Crippen LogP contribution is 2.22. The summed E-state index contributed by atoms with van der Waals surface area (Å²) in [4.78, 5) is 0. The number of nitriles is 1. The molecule has 108 valence electrons. The van der Waals surface area contributed by atoms with Gasteiger partial charge in [0.15, 0.2) is 0 Å². The van der Waals surface area contributed by atoms with Crippen molar-refractivity contribution in [1.29, 1.82) is 5.26 Å². The van der Waals surface area contributed by atoms with E-state index in [1.807, 2.05) is 30.3 Å². The van der Waals surface area contributed by atoms with Crippen LogP contribution < -0.4 is 4.74 Å². The fourth-order valence-electron chi connectivity index (χ4n) is 2.32. The van der Waals surface area contributed by atoms with Gasteiger partial charge in [-0.05, 0) is 49.4 Å². The minimum absolute atomic E-state index is 0.0478. The van der Waals surface area contributed by atoms with E-state index in [4.69, 9.17) is 4.74 Å². The molecule has 0 heterocycles. The predicted octanol–water partition coefficient (Wildman–Crippen LogP) is 4.77. The minimum atomic E-state index is -0.0478. The monoisotopic (exact) mass is 279 g/mol. The number of hydrogen-bond donors (Lipinski definition) is 0.